The molecule has 1 aliphatic rings. The molecule has 1 aliphatic heterocycles. The third-order valence-corrected chi connectivity index (χ3v) is 5.15. The van der Waals surface area contributed by atoms with Crippen LogP contribution in [0.25, 0.3) is 0 Å². The third-order valence-electron chi connectivity index (χ3n) is 3.17. The number of halogens is 2. The molecule has 1 nitrogen and oxygen atoms in total. The molecule has 0 saturated carbocycles. The van der Waals surface area contributed by atoms with Crippen LogP contribution in [0.15, 0.2) is 27.6 Å². The molecule has 0 amide bonds. The molecule has 2 rings (SSSR count). The zero-order valence-electron chi connectivity index (χ0n) is 9.84. The smallest absolute Gasteiger partial charge is 0.137 e. The van der Waals surface area contributed by atoms with E-state index >= 15 is 0 Å². The van der Waals surface area contributed by atoms with Gasteiger partial charge in [0.25, 0.3) is 0 Å². The number of rotatable bonds is 3. The van der Waals surface area contributed by atoms with Crippen LogP contribution in [-0.2, 0) is 4.74 Å². The van der Waals surface area contributed by atoms with Crippen LogP contribution in [0.5, 0.6) is 0 Å². The molecule has 1 aromatic carbocycles. The van der Waals surface area contributed by atoms with E-state index < -0.39 is 0 Å². The van der Waals surface area contributed by atoms with E-state index in [0.717, 1.165) is 41.2 Å². The summed E-state index contributed by atoms with van der Waals surface area (Å²) in [6, 6.07) is 5.25. The predicted molar refractivity (Wildman–Crippen MR) is 73.0 cm³/mol. The first-order valence-corrected chi connectivity index (χ1v) is 7.53. The number of benzene rings is 1. The average molecular weight is 319 g/mol. The highest BCUT2D eigenvalue weighted by Crippen LogP contribution is 2.37. The summed E-state index contributed by atoms with van der Waals surface area (Å²) >= 11 is 4.88. The molecule has 1 aromatic rings. The van der Waals surface area contributed by atoms with Gasteiger partial charge in [0.05, 0.1) is 0 Å². The SMILES string of the molecule is CC1(CSc2ccc(Br)cc2F)CCOCC1. The fourth-order valence-corrected chi connectivity index (χ4v) is 3.34. The van der Waals surface area contributed by atoms with Gasteiger partial charge in [-0.05, 0) is 36.5 Å². The van der Waals surface area contributed by atoms with Gasteiger partial charge in [0.15, 0.2) is 0 Å². The topological polar surface area (TPSA) is 9.23 Å². The lowest BCUT2D eigenvalue weighted by atomic mass is 9.85. The minimum atomic E-state index is -0.139. The van der Waals surface area contributed by atoms with Crippen molar-refractivity contribution in [3.63, 3.8) is 0 Å². The van der Waals surface area contributed by atoms with E-state index in [0.29, 0.717) is 0 Å². The van der Waals surface area contributed by atoms with Crippen molar-refractivity contribution in [2.75, 3.05) is 19.0 Å². The van der Waals surface area contributed by atoms with E-state index in [1.54, 1.807) is 11.8 Å². The first kappa shape index (κ1) is 13.4. The van der Waals surface area contributed by atoms with Crippen molar-refractivity contribution in [3.05, 3.63) is 28.5 Å². The van der Waals surface area contributed by atoms with Gasteiger partial charge < -0.3 is 4.74 Å². The van der Waals surface area contributed by atoms with Gasteiger partial charge in [-0.2, -0.15) is 0 Å². The van der Waals surface area contributed by atoms with Crippen LogP contribution in [0.1, 0.15) is 19.8 Å². The van der Waals surface area contributed by atoms with Crippen LogP contribution in [0.2, 0.25) is 0 Å². The summed E-state index contributed by atoms with van der Waals surface area (Å²) in [5, 5.41) is 0. The van der Waals surface area contributed by atoms with Crippen LogP contribution in [0, 0.1) is 11.2 Å². The quantitative estimate of drug-likeness (QED) is 0.759. The molecule has 94 valence electrons. The Morgan fingerprint density at radius 2 is 2.12 bits per heavy atom. The fraction of sp³-hybridized carbons (Fsp3) is 0.538. The Labute approximate surface area is 114 Å². The Bertz CT molecular complexity index is 391. The van der Waals surface area contributed by atoms with Crippen LogP contribution >= 0.6 is 27.7 Å². The van der Waals surface area contributed by atoms with Crippen LogP contribution in [-0.4, -0.2) is 19.0 Å². The first-order valence-electron chi connectivity index (χ1n) is 5.75. The van der Waals surface area contributed by atoms with E-state index in [1.807, 2.05) is 12.1 Å². The summed E-state index contributed by atoms with van der Waals surface area (Å²) in [7, 11) is 0. The van der Waals surface area contributed by atoms with Crippen molar-refractivity contribution in [1.29, 1.82) is 0 Å². The zero-order chi connectivity index (χ0) is 12.3. The Morgan fingerprint density at radius 3 is 2.76 bits per heavy atom. The normalized spacial score (nSPS) is 19.2. The van der Waals surface area contributed by atoms with Crippen molar-refractivity contribution >= 4 is 27.7 Å². The average Bonchev–Trinajstić information content (AvgIpc) is 2.29. The van der Waals surface area contributed by atoms with Gasteiger partial charge in [-0.1, -0.05) is 22.9 Å². The van der Waals surface area contributed by atoms with Crippen LogP contribution in [0.4, 0.5) is 4.39 Å². The van der Waals surface area contributed by atoms with E-state index in [1.165, 1.54) is 6.07 Å². The van der Waals surface area contributed by atoms with Crippen LogP contribution in [0.3, 0.4) is 0 Å². The molecule has 0 bridgehead atoms. The lowest BCUT2D eigenvalue weighted by Crippen LogP contribution is -2.28. The highest BCUT2D eigenvalue weighted by atomic mass is 79.9. The molecule has 1 heterocycles. The largest absolute Gasteiger partial charge is 0.381 e. The molecule has 0 radical (unpaired) electrons. The number of ether oxygens (including phenoxy) is 1. The number of hydrogen-bond donors (Lipinski definition) is 0. The molecule has 1 fully saturated rings. The summed E-state index contributed by atoms with van der Waals surface area (Å²) in [6.45, 7) is 3.93. The summed E-state index contributed by atoms with van der Waals surface area (Å²) < 4.78 is 19.8. The van der Waals surface area contributed by atoms with Crippen molar-refractivity contribution < 1.29 is 9.13 Å². The maximum absolute atomic E-state index is 13.7. The van der Waals surface area contributed by atoms with E-state index in [9.17, 15) is 4.39 Å². The van der Waals surface area contributed by atoms with Gasteiger partial charge in [-0.3, -0.25) is 0 Å². The zero-order valence-corrected chi connectivity index (χ0v) is 12.2. The number of hydrogen-bond acceptors (Lipinski definition) is 2. The second-order valence-electron chi connectivity index (χ2n) is 4.79. The molecule has 0 aromatic heterocycles. The fourth-order valence-electron chi connectivity index (χ4n) is 1.85. The predicted octanol–water partition coefficient (Wildman–Crippen LogP) is 4.50. The molecule has 4 heteroatoms. The molecule has 1 saturated heterocycles. The van der Waals surface area contributed by atoms with Crippen LogP contribution < -0.4 is 0 Å². The standard InChI is InChI=1S/C13H16BrFOS/c1-13(4-6-16-7-5-13)9-17-12-3-2-10(14)8-11(12)15/h2-3,8H,4-7,9H2,1H3. The Morgan fingerprint density at radius 1 is 1.41 bits per heavy atom. The van der Waals surface area contributed by atoms with Crippen molar-refractivity contribution in [2.45, 2.75) is 24.7 Å². The molecule has 0 unspecified atom stereocenters. The molecular weight excluding hydrogens is 303 g/mol. The monoisotopic (exact) mass is 318 g/mol. The molecular formula is C13H16BrFOS. The lowest BCUT2D eigenvalue weighted by Gasteiger charge is -2.33. The maximum atomic E-state index is 13.7. The van der Waals surface area contributed by atoms with Gasteiger partial charge in [-0.25, -0.2) is 4.39 Å². The summed E-state index contributed by atoms with van der Waals surface area (Å²) in [4.78, 5) is 0.737. The Hall–Kier alpha value is -0.0600. The van der Waals surface area contributed by atoms with Crippen molar-refractivity contribution in [1.82, 2.24) is 0 Å². The van der Waals surface area contributed by atoms with Gasteiger partial charge >= 0.3 is 0 Å². The van der Waals surface area contributed by atoms with E-state index in [2.05, 4.69) is 22.9 Å². The van der Waals surface area contributed by atoms with Gasteiger partial charge in [0.1, 0.15) is 5.82 Å². The van der Waals surface area contributed by atoms with E-state index in [-0.39, 0.29) is 11.2 Å². The second-order valence-corrected chi connectivity index (χ2v) is 6.72. The molecule has 17 heavy (non-hydrogen) atoms. The van der Waals surface area contributed by atoms with Gasteiger partial charge in [0.2, 0.25) is 0 Å². The number of thioether (sulfide) groups is 1. The lowest BCUT2D eigenvalue weighted by molar-refractivity contribution is 0.0348. The molecule has 0 N–H and O–H groups in total. The minimum absolute atomic E-state index is 0.139. The maximum Gasteiger partial charge on any atom is 0.137 e. The first-order chi connectivity index (χ1) is 8.09. The van der Waals surface area contributed by atoms with Gasteiger partial charge in [0, 0.05) is 28.3 Å². The molecule has 0 spiro atoms. The van der Waals surface area contributed by atoms with Crippen molar-refractivity contribution in [2.24, 2.45) is 5.41 Å². The highest BCUT2D eigenvalue weighted by molar-refractivity contribution is 9.10. The Kier molecular flexibility index (Phi) is 4.50. The third kappa shape index (κ3) is 3.70. The Balaban J connectivity index is 1.97. The van der Waals surface area contributed by atoms with Gasteiger partial charge in [-0.15, -0.1) is 11.8 Å². The highest BCUT2D eigenvalue weighted by Gasteiger charge is 2.27. The summed E-state index contributed by atoms with van der Waals surface area (Å²) in [5.41, 5.74) is 0.280. The summed E-state index contributed by atoms with van der Waals surface area (Å²) in [5.74, 6) is 0.814. The van der Waals surface area contributed by atoms with E-state index in [4.69, 9.17) is 4.74 Å². The molecule has 0 atom stereocenters. The minimum Gasteiger partial charge on any atom is -0.381 e. The molecule has 0 aliphatic carbocycles. The second kappa shape index (κ2) is 5.72. The summed E-state index contributed by atoms with van der Waals surface area (Å²) in [6.07, 6.45) is 2.14. The van der Waals surface area contributed by atoms with Crippen molar-refractivity contribution in [3.8, 4) is 0 Å².